The second-order valence-corrected chi connectivity index (χ2v) is 4.34. The van der Waals surface area contributed by atoms with Crippen LogP contribution in [0, 0.1) is 6.92 Å². The quantitative estimate of drug-likeness (QED) is 0.570. The third-order valence-corrected chi connectivity index (χ3v) is 2.69. The molecule has 2 rings (SSSR count). The molecule has 1 atom stereocenters. The summed E-state index contributed by atoms with van der Waals surface area (Å²) in [5.74, 6) is 0.790. The SMILES string of the molecule is C=C[C@@H](OCc1ccccc1)Oc1cccc(C)c1. The lowest BCUT2D eigenvalue weighted by molar-refractivity contribution is -0.0553. The fourth-order valence-electron chi connectivity index (χ4n) is 1.73. The van der Waals surface area contributed by atoms with Crippen LogP contribution in [-0.2, 0) is 11.3 Å². The molecule has 2 aromatic carbocycles. The number of benzene rings is 2. The predicted octanol–water partition coefficient (Wildman–Crippen LogP) is 4.10. The van der Waals surface area contributed by atoms with Crippen LogP contribution in [0.1, 0.15) is 11.1 Å². The Morgan fingerprint density at radius 2 is 1.89 bits per heavy atom. The van der Waals surface area contributed by atoms with Crippen molar-refractivity contribution in [3.63, 3.8) is 0 Å². The number of hydrogen-bond donors (Lipinski definition) is 0. The van der Waals surface area contributed by atoms with E-state index in [2.05, 4.69) is 6.58 Å². The minimum absolute atomic E-state index is 0.443. The number of ether oxygens (including phenoxy) is 2. The highest BCUT2D eigenvalue weighted by Crippen LogP contribution is 2.15. The van der Waals surface area contributed by atoms with Crippen molar-refractivity contribution in [1.29, 1.82) is 0 Å². The van der Waals surface area contributed by atoms with E-state index in [1.165, 1.54) is 0 Å². The van der Waals surface area contributed by atoms with E-state index in [0.29, 0.717) is 6.61 Å². The zero-order valence-electron chi connectivity index (χ0n) is 11.1. The van der Waals surface area contributed by atoms with E-state index in [-0.39, 0.29) is 0 Å². The standard InChI is InChI=1S/C17H18O2/c1-3-17(18-13-15-9-5-4-6-10-15)19-16-11-7-8-14(2)12-16/h3-12,17H,1,13H2,2H3/t17-/m0/s1. The molecule has 0 N–H and O–H groups in total. The lowest BCUT2D eigenvalue weighted by atomic mass is 10.2. The van der Waals surface area contributed by atoms with E-state index in [1.807, 2.05) is 61.5 Å². The normalized spacial score (nSPS) is 11.8. The van der Waals surface area contributed by atoms with E-state index < -0.39 is 6.29 Å². The van der Waals surface area contributed by atoms with Gasteiger partial charge in [0.05, 0.1) is 6.61 Å². The second kappa shape index (κ2) is 6.76. The summed E-state index contributed by atoms with van der Waals surface area (Å²) in [5.41, 5.74) is 2.27. The Morgan fingerprint density at radius 3 is 2.58 bits per heavy atom. The Balaban J connectivity index is 1.92. The van der Waals surface area contributed by atoms with Crippen molar-refractivity contribution in [3.05, 3.63) is 78.4 Å². The van der Waals surface area contributed by atoms with Gasteiger partial charge in [0, 0.05) is 0 Å². The summed E-state index contributed by atoms with van der Waals surface area (Å²) in [6.07, 6.45) is 1.22. The van der Waals surface area contributed by atoms with Crippen LogP contribution in [0.5, 0.6) is 5.75 Å². The predicted molar refractivity (Wildman–Crippen MR) is 77.0 cm³/mol. The summed E-state index contributed by atoms with van der Waals surface area (Å²) in [6.45, 7) is 6.27. The van der Waals surface area contributed by atoms with E-state index in [4.69, 9.17) is 9.47 Å². The van der Waals surface area contributed by atoms with Crippen LogP contribution in [0.2, 0.25) is 0 Å². The summed E-state index contributed by atoms with van der Waals surface area (Å²) in [4.78, 5) is 0. The van der Waals surface area contributed by atoms with Gasteiger partial charge in [-0.2, -0.15) is 0 Å². The number of rotatable bonds is 6. The van der Waals surface area contributed by atoms with Crippen LogP contribution in [0.3, 0.4) is 0 Å². The highest BCUT2D eigenvalue weighted by atomic mass is 16.7. The summed E-state index contributed by atoms with van der Waals surface area (Å²) in [5, 5.41) is 0. The van der Waals surface area contributed by atoms with Crippen LogP contribution in [0.25, 0.3) is 0 Å². The summed E-state index contributed by atoms with van der Waals surface area (Å²) in [7, 11) is 0. The van der Waals surface area contributed by atoms with Gasteiger partial charge in [0.15, 0.2) is 0 Å². The Kier molecular flexibility index (Phi) is 4.76. The molecule has 0 spiro atoms. The third kappa shape index (κ3) is 4.27. The van der Waals surface area contributed by atoms with Gasteiger partial charge in [0.1, 0.15) is 5.75 Å². The van der Waals surface area contributed by atoms with Crippen molar-refractivity contribution in [2.24, 2.45) is 0 Å². The van der Waals surface area contributed by atoms with Gasteiger partial charge < -0.3 is 9.47 Å². The van der Waals surface area contributed by atoms with Crippen molar-refractivity contribution in [2.45, 2.75) is 19.8 Å². The molecule has 0 aliphatic rings. The van der Waals surface area contributed by atoms with E-state index in [1.54, 1.807) is 6.08 Å². The van der Waals surface area contributed by atoms with Gasteiger partial charge in [0.2, 0.25) is 6.29 Å². The van der Waals surface area contributed by atoms with Crippen LogP contribution in [-0.4, -0.2) is 6.29 Å². The molecule has 0 heterocycles. The molecule has 0 aliphatic heterocycles. The van der Waals surface area contributed by atoms with Crippen LogP contribution < -0.4 is 4.74 Å². The summed E-state index contributed by atoms with van der Waals surface area (Å²) >= 11 is 0. The van der Waals surface area contributed by atoms with Crippen molar-refractivity contribution in [3.8, 4) is 5.75 Å². The lowest BCUT2D eigenvalue weighted by Crippen LogP contribution is -2.17. The smallest absolute Gasteiger partial charge is 0.219 e. The summed E-state index contributed by atoms with van der Waals surface area (Å²) < 4.78 is 11.4. The molecule has 2 heteroatoms. The fraction of sp³-hybridized carbons (Fsp3) is 0.176. The van der Waals surface area contributed by atoms with Gasteiger partial charge in [-0.3, -0.25) is 0 Å². The second-order valence-electron chi connectivity index (χ2n) is 4.34. The first-order chi connectivity index (χ1) is 9.28. The van der Waals surface area contributed by atoms with Gasteiger partial charge in [0.25, 0.3) is 0 Å². The molecule has 2 aromatic rings. The molecule has 0 unspecified atom stereocenters. The first-order valence-electron chi connectivity index (χ1n) is 6.29. The molecule has 0 saturated heterocycles. The molecule has 0 bridgehead atoms. The minimum Gasteiger partial charge on any atom is -0.461 e. The first-order valence-corrected chi connectivity index (χ1v) is 6.29. The van der Waals surface area contributed by atoms with Gasteiger partial charge in [-0.15, -0.1) is 0 Å². The molecule has 2 nitrogen and oxygen atoms in total. The molecule has 19 heavy (non-hydrogen) atoms. The fourth-order valence-corrected chi connectivity index (χ4v) is 1.73. The molecule has 0 fully saturated rings. The van der Waals surface area contributed by atoms with Gasteiger partial charge >= 0.3 is 0 Å². The third-order valence-electron chi connectivity index (χ3n) is 2.69. The molecule has 0 saturated carbocycles. The highest BCUT2D eigenvalue weighted by molar-refractivity contribution is 5.27. The molecule has 98 valence electrons. The number of hydrogen-bond acceptors (Lipinski definition) is 2. The Bertz CT molecular complexity index is 520. The van der Waals surface area contributed by atoms with Crippen LogP contribution in [0.4, 0.5) is 0 Å². The average Bonchev–Trinajstić information content (AvgIpc) is 2.44. The maximum absolute atomic E-state index is 5.73. The molecular formula is C17H18O2. The topological polar surface area (TPSA) is 18.5 Å². The Morgan fingerprint density at radius 1 is 1.11 bits per heavy atom. The lowest BCUT2D eigenvalue weighted by Gasteiger charge is -2.16. The largest absolute Gasteiger partial charge is 0.461 e. The van der Waals surface area contributed by atoms with Crippen molar-refractivity contribution < 1.29 is 9.47 Å². The number of aryl methyl sites for hydroxylation is 1. The molecule has 0 aliphatic carbocycles. The molecule has 0 radical (unpaired) electrons. The summed E-state index contributed by atoms with van der Waals surface area (Å²) in [6, 6.07) is 17.9. The van der Waals surface area contributed by atoms with Gasteiger partial charge in [-0.05, 0) is 36.3 Å². The maximum Gasteiger partial charge on any atom is 0.219 e. The zero-order chi connectivity index (χ0) is 13.5. The van der Waals surface area contributed by atoms with Crippen molar-refractivity contribution >= 4 is 0 Å². The molecule has 0 aromatic heterocycles. The Hall–Kier alpha value is -2.06. The van der Waals surface area contributed by atoms with E-state index in [9.17, 15) is 0 Å². The first kappa shape index (κ1) is 13.4. The van der Waals surface area contributed by atoms with Crippen LogP contribution in [0.15, 0.2) is 67.3 Å². The van der Waals surface area contributed by atoms with E-state index in [0.717, 1.165) is 16.9 Å². The highest BCUT2D eigenvalue weighted by Gasteiger charge is 2.06. The average molecular weight is 254 g/mol. The van der Waals surface area contributed by atoms with Gasteiger partial charge in [-0.25, -0.2) is 0 Å². The molecular weight excluding hydrogens is 236 g/mol. The molecule has 0 amide bonds. The van der Waals surface area contributed by atoms with Crippen molar-refractivity contribution in [2.75, 3.05) is 0 Å². The van der Waals surface area contributed by atoms with Gasteiger partial charge in [-0.1, -0.05) is 49.0 Å². The zero-order valence-corrected chi connectivity index (χ0v) is 11.1. The monoisotopic (exact) mass is 254 g/mol. The minimum atomic E-state index is -0.443. The van der Waals surface area contributed by atoms with Crippen molar-refractivity contribution in [1.82, 2.24) is 0 Å². The van der Waals surface area contributed by atoms with E-state index >= 15 is 0 Å². The Labute approximate surface area is 114 Å². The van der Waals surface area contributed by atoms with Crippen LogP contribution >= 0.6 is 0 Å². The maximum atomic E-state index is 5.73.